The fourth-order valence-corrected chi connectivity index (χ4v) is 3.82. The number of carbonyl (C=O) groups excluding carboxylic acids is 2. The molecule has 4 rings (SSSR count). The second-order valence-corrected chi connectivity index (χ2v) is 7.97. The average Bonchev–Trinajstić information content (AvgIpc) is 3.22. The first-order chi connectivity index (χ1) is 14.5. The molecule has 0 aliphatic heterocycles. The van der Waals surface area contributed by atoms with Crippen molar-refractivity contribution in [2.75, 3.05) is 5.32 Å². The lowest BCUT2D eigenvalue weighted by atomic mass is 10.0. The van der Waals surface area contributed by atoms with E-state index in [1.807, 2.05) is 67.6 Å². The van der Waals surface area contributed by atoms with E-state index in [0.717, 1.165) is 26.9 Å². The van der Waals surface area contributed by atoms with Gasteiger partial charge in [-0.2, -0.15) is 0 Å². The number of nitrogens with one attached hydrogen (secondary N) is 2. The highest BCUT2D eigenvalue weighted by Gasteiger charge is 2.19. The van der Waals surface area contributed by atoms with Crippen molar-refractivity contribution in [1.82, 2.24) is 15.5 Å². The maximum Gasteiger partial charge on any atom is 0.252 e. The summed E-state index contributed by atoms with van der Waals surface area (Å²) < 4.78 is 0. The van der Waals surface area contributed by atoms with Gasteiger partial charge in [-0.1, -0.05) is 77.6 Å². The predicted octanol–water partition coefficient (Wildman–Crippen LogP) is 4.42. The van der Waals surface area contributed by atoms with Gasteiger partial charge in [-0.05, 0) is 30.7 Å². The van der Waals surface area contributed by atoms with E-state index in [9.17, 15) is 9.59 Å². The fourth-order valence-electron chi connectivity index (χ4n) is 3.06. The summed E-state index contributed by atoms with van der Waals surface area (Å²) in [6, 6.07) is 20.4. The van der Waals surface area contributed by atoms with E-state index < -0.39 is 6.04 Å². The van der Waals surface area contributed by atoms with Gasteiger partial charge in [-0.3, -0.25) is 14.9 Å². The van der Waals surface area contributed by atoms with Crippen LogP contribution in [0, 0.1) is 6.92 Å². The van der Waals surface area contributed by atoms with Crippen LogP contribution in [0.3, 0.4) is 0 Å². The Bertz CT molecular complexity index is 1210. The molecule has 0 fully saturated rings. The molecule has 6 nitrogen and oxygen atoms in total. The summed E-state index contributed by atoms with van der Waals surface area (Å²) in [5, 5.41) is 16.6. The maximum absolute atomic E-state index is 12.7. The number of aromatic nitrogens is 2. The van der Waals surface area contributed by atoms with Gasteiger partial charge < -0.3 is 5.32 Å². The zero-order valence-corrected chi connectivity index (χ0v) is 17.4. The smallest absolute Gasteiger partial charge is 0.252 e. The molecule has 0 saturated heterocycles. The summed E-state index contributed by atoms with van der Waals surface area (Å²) in [5.74, 6) is -0.651. The Morgan fingerprint density at radius 2 is 1.67 bits per heavy atom. The molecule has 2 N–H and O–H groups in total. The van der Waals surface area contributed by atoms with Crippen LogP contribution < -0.4 is 10.6 Å². The lowest BCUT2D eigenvalue weighted by Gasteiger charge is -2.14. The Morgan fingerprint density at radius 3 is 2.47 bits per heavy atom. The molecular weight excluding hydrogens is 396 g/mol. The van der Waals surface area contributed by atoms with Gasteiger partial charge in [0.1, 0.15) is 11.0 Å². The van der Waals surface area contributed by atoms with Gasteiger partial charge in [-0.25, -0.2) is 0 Å². The van der Waals surface area contributed by atoms with Gasteiger partial charge in [0.25, 0.3) is 5.91 Å². The molecule has 0 radical (unpaired) electrons. The summed E-state index contributed by atoms with van der Waals surface area (Å²) in [4.78, 5) is 25.3. The van der Waals surface area contributed by atoms with Crippen molar-refractivity contribution in [1.29, 1.82) is 0 Å². The fraction of sp³-hybridized carbons (Fsp3) is 0.130. The molecule has 2 amide bonds. The first-order valence-corrected chi connectivity index (χ1v) is 10.3. The first kappa shape index (κ1) is 19.7. The molecule has 3 aromatic carbocycles. The number of anilines is 1. The maximum atomic E-state index is 12.7. The van der Waals surface area contributed by atoms with Crippen molar-refractivity contribution in [3.8, 4) is 10.6 Å². The molecule has 150 valence electrons. The molecule has 1 heterocycles. The van der Waals surface area contributed by atoms with Gasteiger partial charge in [0.15, 0.2) is 0 Å². The molecule has 0 unspecified atom stereocenters. The molecule has 1 atom stereocenters. The van der Waals surface area contributed by atoms with Crippen molar-refractivity contribution in [2.24, 2.45) is 0 Å². The molecule has 4 aromatic rings. The summed E-state index contributed by atoms with van der Waals surface area (Å²) in [5.41, 5.74) is 2.63. The van der Waals surface area contributed by atoms with Crippen LogP contribution in [-0.4, -0.2) is 28.1 Å². The highest BCUT2D eigenvalue weighted by molar-refractivity contribution is 7.18. The molecule has 0 saturated carbocycles. The van der Waals surface area contributed by atoms with E-state index in [-0.39, 0.29) is 11.8 Å². The van der Waals surface area contributed by atoms with Gasteiger partial charge >= 0.3 is 0 Å². The number of hydrogen-bond donors (Lipinski definition) is 2. The van der Waals surface area contributed by atoms with Gasteiger partial charge in [0.05, 0.1) is 0 Å². The van der Waals surface area contributed by atoms with E-state index in [2.05, 4.69) is 20.8 Å². The molecule has 7 heteroatoms. The largest absolute Gasteiger partial charge is 0.340 e. The molecular formula is C23H20N4O2S. The quantitative estimate of drug-likeness (QED) is 0.504. The number of fused-ring (bicyclic) bond motifs is 1. The number of aryl methyl sites for hydroxylation is 1. The minimum absolute atomic E-state index is 0.299. The van der Waals surface area contributed by atoms with E-state index in [1.54, 1.807) is 13.0 Å². The number of carbonyl (C=O) groups is 2. The summed E-state index contributed by atoms with van der Waals surface area (Å²) >= 11 is 1.29. The Kier molecular flexibility index (Phi) is 5.54. The van der Waals surface area contributed by atoms with Crippen LogP contribution in [0.1, 0.15) is 22.8 Å². The van der Waals surface area contributed by atoms with Crippen molar-refractivity contribution in [2.45, 2.75) is 19.9 Å². The van der Waals surface area contributed by atoms with E-state index in [0.29, 0.717) is 10.7 Å². The molecule has 0 bridgehead atoms. The Balaban J connectivity index is 1.43. The second kappa shape index (κ2) is 8.42. The number of hydrogen-bond acceptors (Lipinski definition) is 5. The lowest BCUT2D eigenvalue weighted by molar-refractivity contribution is -0.117. The van der Waals surface area contributed by atoms with E-state index in [4.69, 9.17) is 0 Å². The standard InChI is InChI=1S/C23H20N4O2S/c1-14-10-12-17(13-11-14)22-26-27-23(30-22)25-20(28)15(2)24-21(29)19-9-5-7-16-6-3-4-8-18(16)19/h3-13,15H,1-2H3,(H,24,29)(H,25,27,28)/t15-/m0/s1. The van der Waals surface area contributed by atoms with Gasteiger partial charge in [0, 0.05) is 11.1 Å². The second-order valence-electron chi connectivity index (χ2n) is 6.99. The average molecular weight is 417 g/mol. The van der Waals surface area contributed by atoms with Crippen LogP contribution in [0.5, 0.6) is 0 Å². The normalized spacial score (nSPS) is 11.8. The third-order valence-corrected chi connectivity index (χ3v) is 5.62. The summed E-state index contributed by atoms with van der Waals surface area (Å²) in [6.45, 7) is 3.66. The molecule has 0 spiro atoms. The first-order valence-electron chi connectivity index (χ1n) is 9.51. The highest BCUT2D eigenvalue weighted by Crippen LogP contribution is 2.26. The molecule has 1 aromatic heterocycles. The molecule has 0 aliphatic rings. The van der Waals surface area contributed by atoms with Crippen molar-refractivity contribution in [3.05, 3.63) is 77.9 Å². The predicted molar refractivity (Wildman–Crippen MR) is 120 cm³/mol. The van der Waals surface area contributed by atoms with Crippen LogP contribution in [0.2, 0.25) is 0 Å². The van der Waals surface area contributed by atoms with Gasteiger partial charge in [0.2, 0.25) is 11.0 Å². The van der Waals surface area contributed by atoms with Crippen molar-refractivity contribution >= 4 is 39.1 Å². The zero-order chi connectivity index (χ0) is 21.1. The van der Waals surface area contributed by atoms with Crippen LogP contribution in [0.25, 0.3) is 21.3 Å². The van der Waals surface area contributed by atoms with Crippen molar-refractivity contribution in [3.63, 3.8) is 0 Å². The van der Waals surface area contributed by atoms with Crippen LogP contribution >= 0.6 is 11.3 Å². The summed E-state index contributed by atoms with van der Waals surface area (Å²) in [6.07, 6.45) is 0. The minimum atomic E-state index is -0.733. The highest BCUT2D eigenvalue weighted by atomic mass is 32.1. The SMILES string of the molecule is Cc1ccc(-c2nnc(NC(=O)[C@H](C)NC(=O)c3cccc4ccccc34)s2)cc1. The molecule has 0 aliphatic carbocycles. The molecule has 30 heavy (non-hydrogen) atoms. The Hall–Kier alpha value is -3.58. The number of nitrogens with zero attached hydrogens (tertiary/aromatic N) is 2. The topological polar surface area (TPSA) is 84.0 Å². The Labute approximate surface area is 178 Å². The van der Waals surface area contributed by atoms with E-state index >= 15 is 0 Å². The number of benzene rings is 3. The van der Waals surface area contributed by atoms with Crippen LogP contribution in [0.15, 0.2) is 66.7 Å². The zero-order valence-electron chi connectivity index (χ0n) is 16.5. The van der Waals surface area contributed by atoms with Crippen molar-refractivity contribution < 1.29 is 9.59 Å². The summed E-state index contributed by atoms with van der Waals surface area (Å²) in [7, 11) is 0. The van der Waals surface area contributed by atoms with Gasteiger partial charge in [-0.15, -0.1) is 10.2 Å². The Morgan fingerprint density at radius 1 is 0.933 bits per heavy atom. The lowest BCUT2D eigenvalue weighted by Crippen LogP contribution is -2.41. The van der Waals surface area contributed by atoms with Crippen LogP contribution in [0.4, 0.5) is 5.13 Å². The third-order valence-electron chi connectivity index (χ3n) is 4.73. The third kappa shape index (κ3) is 4.21. The number of rotatable bonds is 5. The monoisotopic (exact) mass is 416 g/mol. The minimum Gasteiger partial charge on any atom is -0.340 e. The van der Waals surface area contributed by atoms with Crippen LogP contribution in [-0.2, 0) is 4.79 Å². The number of amides is 2. The van der Waals surface area contributed by atoms with E-state index in [1.165, 1.54) is 11.3 Å².